The predicted molar refractivity (Wildman–Crippen MR) is 130 cm³/mol. The summed E-state index contributed by atoms with van der Waals surface area (Å²) >= 11 is 0. The quantitative estimate of drug-likeness (QED) is 0.483. The van der Waals surface area contributed by atoms with Crippen molar-refractivity contribution in [3.05, 3.63) is 60.4 Å². The maximum absolute atomic E-state index is 13.1. The molecule has 178 valence electrons. The molecule has 1 aromatic carbocycles. The molecule has 2 aromatic heterocycles. The molecule has 1 saturated heterocycles. The number of aromatic nitrogens is 2. The molecular weight excluding hydrogens is 432 g/mol. The number of piperidine rings is 1. The monoisotopic (exact) mass is 462 g/mol. The van der Waals surface area contributed by atoms with Crippen LogP contribution in [0.2, 0.25) is 0 Å². The smallest absolute Gasteiger partial charge is 0.412 e. The van der Waals surface area contributed by atoms with Crippen molar-refractivity contribution in [3.63, 3.8) is 0 Å². The van der Waals surface area contributed by atoms with Crippen LogP contribution in [0.25, 0.3) is 11.1 Å². The van der Waals surface area contributed by atoms with Crippen molar-refractivity contribution in [1.82, 2.24) is 9.97 Å². The van der Waals surface area contributed by atoms with Crippen LogP contribution < -0.4 is 10.2 Å². The molecule has 0 atom stereocenters. The Bertz CT molecular complexity index is 1130. The molecule has 4 rings (SSSR count). The SMILES string of the molecule is CC(C)(C)OC(=O)Nc1ccc(-c2ccoc2)cc1CC(=O)c1cnc(N2CCCCC2)cn1. The summed E-state index contributed by atoms with van der Waals surface area (Å²) in [4.78, 5) is 36.5. The highest BCUT2D eigenvalue weighted by atomic mass is 16.6. The van der Waals surface area contributed by atoms with E-state index < -0.39 is 11.7 Å². The van der Waals surface area contributed by atoms with E-state index in [1.165, 1.54) is 12.6 Å². The lowest BCUT2D eigenvalue weighted by Crippen LogP contribution is -2.30. The number of furan rings is 1. The van der Waals surface area contributed by atoms with Gasteiger partial charge in [-0.3, -0.25) is 10.1 Å². The van der Waals surface area contributed by atoms with Crippen molar-refractivity contribution < 1.29 is 18.7 Å². The molecule has 3 aromatic rings. The number of hydrogen-bond acceptors (Lipinski definition) is 7. The number of hydrogen-bond donors (Lipinski definition) is 1. The van der Waals surface area contributed by atoms with E-state index in [0.717, 1.165) is 42.9 Å². The number of rotatable bonds is 6. The van der Waals surface area contributed by atoms with Gasteiger partial charge in [0.05, 0.1) is 24.9 Å². The second-order valence-electron chi connectivity index (χ2n) is 9.42. The minimum Gasteiger partial charge on any atom is -0.472 e. The van der Waals surface area contributed by atoms with Crippen molar-refractivity contribution in [2.45, 2.75) is 52.1 Å². The molecule has 1 aliphatic heterocycles. The molecular formula is C26H30N4O4. The van der Waals surface area contributed by atoms with E-state index >= 15 is 0 Å². The molecule has 1 fully saturated rings. The second kappa shape index (κ2) is 10.1. The van der Waals surface area contributed by atoms with Gasteiger partial charge in [-0.1, -0.05) is 6.07 Å². The molecule has 8 heteroatoms. The molecule has 1 N–H and O–H groups in total. The molecule has 34 heavy (non-hydrogen) atoms. The largest absolute Gasteiger partial charge is 0.472 e. The van der Waals surface area contributed by atoms with Gasteiger partial charge in [0.15, 0.2) is 5.78 Å². The molecule has 0 unspecified atom stereocenters. The van der Waals surface area contributed by atoms with Gasteiger partial charge < -0.3 is 14.1 Å². The molecule has 0 spiro atoms. The molecule has 0 saturated carbocycles. The van der Waals surface area contributed by atoms with Gasteiger partial charge in [-0.05, 0) is 69.4 Å². The number of carbonyl (C=O) groups is 2. The highest BCUT2D eigenvalue weighted by Gasteiger charge is 2.20. The lowest BCUT2D eigenvalue weighted by molar-refractivity contribution is 0.0635. The first-order chi connectivity index (χ1) is 16.3. The van der Waals surface area contributed by atoms with Crippen molar-refractivity contribution in [1.29, 1.82) is 0 Å². The predicted octanol–water partition coefficient (Wildman–Crippen LogP) is 5.50. The molecule has 8 nitrogen and oxygen atoms in total. The third-order valence-electron chi connectivity index (χ3n) is 5.55. The Morgan fingerprint density at radius 2 is 1.85 bits per heavy atom. The fourth-order valence-electron chi connectivity index (χ4n) is 3.90. The maximum Gasteiger partial charge on any atom is 0.412 e. The van der Waals surface area contributed by atoms with E-state index in [2.05, 4.69) is 20.2 Å². The van der Waals surface area contributed by atoms with E-state index in [-0.39, 0.29) is 17.9 Å². The van der Waals surface area contributed by atoms with Gasteiger partial charge in [-0.25, -0.2) is 14.8 Å². The maximum atomic E-state index is 13.1. The Morgan fingerprint density at radius 1 is 1.06 bits per heavy atom. The van der Waals surface area contributed by atoms with E-state index in [1.54, 1.807) is 45.6 Å². The number of carbonyl (C=O) groups excluding carboxylic acids is 2. The average molecular weight is 463 g/mol. The van der Waals surface area contributed by atoms with Crippen LogP contribution in [0.4, 0.5) is 16.3 Å². The lowest BCUT2D eigenvalue weighted by Gasteiger charge is -2.27. The van der Waals surface area contributed by atoms with Gasteiger partial charge >= 0.3 is 6.09 Å². The molecule has 3 heterocycles. The highest BCUT2D eigenvalue weighted by Crippen LogP contribution is 2.27. The number of nitrogens with one attached hydrogen (secondary N) is 1. The molecule has 0 aliphatic carbocycles. The average Bonchev–Trinajstić information content (AvgIpc) is 3.35. The number of nitrogens with zero attached hydrogens (tertiary/aromatic N) is 3. The third-order valence-corrected chi connectivity index (χ3v) is 5.55. The minimum atomic E-state index is -0.636. The second-order valence-corrected chi connectivity index (χ2v) is 9.42. The molecule has 1 amide bonds. The van der Waals surface area contributed by atoms with Crippen LogP contribution in [0.15, 0.2) is 53.6 Å². The zero-order chi connectivity index (χ0) is 24.1. The standard InChI is InChI=1S/C26H30N4O4/c1-26(2,3)34-25(32)29-21-8-7-18(19-9-12-33-17-19)13-20(21)14-23(31)22-15-28-24(16-27-22)30-10-5-4-6-11-30/h7-9,12-13,15-17H,4-6,10-11,14H2,1-3H3,(H,29,32). The summed E-state index contributed by atoms with van der Waals surface area (Å²) in [6, 6.07) is 7.33. The Balaban J connectivity index is 1.55. The van der Waals surface area contributed by atoms with Crippen LogP contribution in [0.1, 0.15) is 56.1 Å². The first-order valence-electron chi connectivity index (χ1n) is 11.5. The summed E-state index contributed by atoms with van der Waals surface area (Å²) in [7, 11) is 0. The van der Waals surface area contributed by atoms with Crippen LogP contribution in [-0.2, 0) is 11.2 Å². The van der Waals surface area contributed by atoms with Crippen LogP contribution >= 0.6 is 0 Å². The van der Waals surface area contributed by atoms with Crippen LogP contribution in [0.5, 0.6) is 0 Å². The Kier molecular flexibility index (Phi) is 6.95. The summed E-state index contributed by atoms with van der Waals surface area (Å²) in [6.07, 6.45) is 9.41. The number of ether oxygens (including phenoxy) is 1. The summed E-state index contributed by atoms with van der Waals surface area (Å²) in [5.74, 6) is 0.611. The first kappa shape index (κ1) is 23.5. The zero-order valence-electron chi connectivity index (χ0n) is 19.8. The first-order valence-corrected chi connectivity index (χ1v) is 11.5. The van der Waals surface area contributed by atoms with Gasteiger partial charge in [0, 0.05) is 30.8 Å². The van der Waals surface area contributed by atoms with Crippen LogP contribution in [0, 0.1) is 0 Å². The van der Waals surface area contributed by atoms with Gasteiger partial charge in [-0.15, -0.1) is 0 Å². The van der Waals surface area contributed by atoms with Gasteiger partial charge in [-0.2, -0.15) is 0 Å². The Labute approximate surface area is 199 Å². The Morgan fingerprint density at radius 3 is 2.50 bits per heavy atom. The van der Waals surface area contributed by atoms with Crippen LogP contribution in [0.3, 0.4) is 0 Å². The summed E-state index contributed by atoms with van der Waals surface area (Å²) in [5.41, 5.74) is 2.56. The fraction of sp³-hybridized carbons (Fsp3) is 0.385. The van der Waals surface area contributed by atoms with Crippen molar-refractivity contribution >= 4 is 23.4 Å². The lowest BCUT2D eigenvalue weighted by atomic mass is 9.99. The number of ketones is 1. The van der Waals surface area contributed by atoms with E-state index in [1.807, 2.05) is 18.2 Å². The third kappa shape index (κ3) is 6.01. The molecule has 0 bridgehead atoms. The number of anilines is 2. The normalized spacial score (nSPS) is 14.0. The fourth-order valence-corrected chi connectivity index (χ4v) is 3.90. The minimum absolute atomic E-state index is 0.0502. The highest BCUT2D eigenvalue weighted by molar-refractivity contribution is 5.97. The zero-order valence-corrected chi connectivity index (χ0v) is 19.8. The van der Waals surface area contributed by atoms with Crippen molar-refractivity contribution in [2.24, 2.45) is 0 Å². The van der Waals surface area contributed by atoms with Gasteiger partial charge in [0.1, 0.15) is 17.1 Å². The summed E-state index contributed by atoms with van der Waals surface area (Å²) in [6.45, 7) is 7.31. The molecule has 0 radical (unpaired) electrons. The van der Waals surface area contributed by atoms with Crippen molar-refractivity contribution in [3.8, 4) is 11.1 Å². The van der Waals surface area contributed by atoms with E-state index in [0.29, 0.717) is 11.3 Å². The van der Waals surface area contributed by atoms with E-state index in [9.17, 15) is 9.59 Å². The van der Waals surface area contributed by atoms with Crippen LogP contribution in [-0.4, -0.2) is 40.5 Å². The van der Waals surface area contributed by atoms with Gasteiger partial charge in [0.25, 0.3) is 0 Å². The molecule has 1 aliphatic rings. The van der Waals surface area contributed by atoms with E-state index in [4.69, 9.17) is 9.15 Å². The number of benzene rings is 1. The topological polar surface area (TPSA) is 97.6 Å². The Hall–Kier alpha value is -3.68. The van der Waals surface area contributed by atoms with Crippen molar-refractivity contribution in [2.75, 3.05) is 23.3 Å². The summed E-state index contributed by atoms with van der Waals surface area (Å²) < 4.78 is 10.6. The number of amides is 1. The summed E-state index contributed by atoms with van der Waals surface area (Å²) in [5, 5.41) is 2.77. The van der Waals surface area contributed by atoms with Gasteiger partial charge in [0.2, 0.25) is 0 Å². The number of Topliss-reactive ketones (excluding diaryl/α,β-unsaturated/α-hetero) is 1.